The summed E-state index contributed by atoms with van der Waals surface area (Å²) in [4.78, 5) is 12.2. The summed E-state index contributed by atoms with van der Waals surface area (Å²) in [7, 11) is 0. The third kappa shape index (κ3) is 4.21. The van der Waals surface area contributed by atoms with Gasteiger partial charge in [-0.05, 0) is 65.9 Å². The number of ketones is 1. The first-order valence-corrected chi connectivity index (χ1v) is 8.59. The van der Waals surface area contributed by atoms with E-state index in [9.17, 15) is 9.18 Å². The van der Waals surface area contributed by atoms with Gasteiger partial charge in [0, 0.05) is 5.56 Å². The molecule has 0 aliphatic rings. The Hall–Kier alpha value is -2.74. The van der Waals surface area contributed by atoms with Crippen LogP contribution >= 0.6 is 11.8 Å². The molecule has 0 saturated heterocycles. The second kappa shape index (κ2) is 7.89. The minimum Gasteiger partial charge on any atom is -0.494 e. The van der Waals surface area contributed by atoms with Gasteiger partial charge in [0.25, 0.3) is 0 Å². The van der Waals surface area contributed by atoms with E-state index in [1.54, 1.807) is 4.68 Å². The van der Waals surface area contributed by atoms with Crippen LogP contribution in [0.2, 0.25) is 0 Å². The largest absolute Gasteiger partial charge is 0.494 e. The first-order valence-electron chi connectivity index (χ1n) is 7.60. The molecular formula is C17H15FN4O2S. The molecule has 25 heavy (non-hydrogen) atoms. The quantitative estimate of drug-likeness (QED) is 0.477. The van der Waals surface area contributed by atoms with Gasteiger partial charge in [-0.3, -0.25) is 4.79 Å². The number of aromatic nitrogens is 4. The molecule has 0 bridgehead atoms. The lowest BCUT2D eigenvalue weighted by molar-refractivity contribution is 0.102. The molecule has 0 atom stereocenters. The molecule has 1 heterocycles. The summed E-state index contributed by atoms with van der Waals surface area (Å²) in [5.41, 5.74) is 1.22. The Morgan fingerprint density at radius 3 is 2.56 bits per heavy atom. The molecule has 0 amide bonds. The molecule has 0 spiro atoms. The molecule has 128 valence electrons. The van der Waals surface area contributed by atoms with E-state index >= 15 is 0 Å². The predicted octanol–water partition coefficient (Wildman–Crippen LogP) is 3.18. The van der Waals surface area contributed by atoms with E-state index in [4.69, 9.17) is 4.74 Å². The molecule has 3 aromatic rings. The Morgan fingerprint density at radius 1 is 1.16 bits per heavy atom. The summed E-state index contributed by atoms with van der Waals surface area (Å²) in [6.07, 6.45) is 0. The number of tetrazole rings is 1. The standard InChI is InChI=1S/C17H15FN4O2S/c1-2-24-15-9-7-14(8-10-15)22-17(19-20-21-22)25-11-16(23)12-3-5-13(18)6-4-12/h3-10H,2,11H2,1H3. The Kier molecular flexibility index (Phi) is 5.39. The smallest absolute Gasteiger partial charge is 0.214 e. The maximum Gasteiger partial charge on any atom is 0.214 e. The molecule has 0 N–H and O–H groups in total. The van der Waals surface area contributed by atoms with Crippen LogP contribution in [0.15, 0.2) is 53.7 Å². The molecule has 0 saturated carbocycles. The van der Waals surface area contributed by atoms with Gasteiger partial charge < -0.3 is 4.74 Å². The third-order valence-corrected chi connectivity index (χ3v) is 4.25. The summed E-state index contributed by atoms with van der Waals surface area (Å²) < 4.78 is 19.9. The summed E-state index contributed by atoms with van der Waals surface area (Å²) in [5.74, 6) is 0.429. The predicted molar refractivity (Wildman–Crippen MR) is 91.8 cm³/mol. The van der Waals surface area contributed by atoms with E-state index in [-0.39, 0.29) is 17.4 Å². The molecule has 0 radical (unpaired) electrons. The van der Waals surface area contributed by atoms with Crippen molar-refractivity contribution in [3.63, 3.8) is 0 Å². The molecule has 0 aliphatic heterocycles. The van der Waals surface area contributed by atoms with Crippen molar-refractivity contribution in [2.75, 3.05) is 12.4 Å². The van der Waals surface area contributed by atoms with Crippen molar-refractivity contribution in [2.24, 2.45) is 0 Å². The van der Waals surface area contributed by atoms with Crippen molar-refractivity contribution < 1.29 is 13.9 Å². The van der Waals surface area contributed by atoms with Crippen LogP contribution in [-0.2, 0) is 0 Å². The maximum atomic E-state index is 12.9. The monoisotopic (exact) mass is 358 g/mol. The van der Waals surface area contributed by atoms with Crippen LogP contribution in [0.5, 0.6) is 5.75 Å². The number of ether oxygens (including phenoxy) is 1. The van der Waals surface area contributed by atoms with Gasteiger partial charge in [0.1, 0.15) is 11.6 Å². The van der Waals surface area contributed by atoms with Gasteiger partial charge in [0.05, 0.1) is 18.0 Å². The lowest BCUT2D eigenvalue weighted by Crippen LogP contribution is -2.05. The zero-order valence-corrected chi connectivity index (χ0v) is 14.2. The lowest BCUT2D eigenvalue weighted by Gasteiger charge is -2.06. The highest BCUT2D eigenvalue weighted by Crippen LogP contribution is 2.21. The number of thioether (sulfide) groups is 1. The number of hydrogen-bond donors (Lipinski definition) is 0. The van der Waals surface area contributed by atoms with Crippen LogP contribution in [0.4, 0.5) is 4.39 Å². The number of nitrogens with zero attached hydrogens (tertiary/aromatic N) is 4. The molecule has 8 heteroatoms. The average molecular weight is 358 g/mol. The highest BCUT2D eigenvalue weighted by Gasteiger charge is 2.13. The SMILES string of the molecule is CCOc1ccc(-n2nnnc2SCC(=O)c2ccc(F)cc2)cc1. The summed E-state index contributed by atoms with van der Waals surface area (Å²) in [5, 5.41) is 12.1. The number of Topliss-reactive ketones (excluding diaryl/α,β-unsaturated/α-hetero) is 1. The van der Waals surface area contributed by atoms with Crippen molar-refractivity contribution in [2.45, 2.75) is 12.1 Å². The number of carbonyl (C=O) groups excluding carboxylic acids is 1. The topological polar surface area (TPSA) is 69.9 Å². The second-order valence-corrected chi connectivity index (χ2v) is 5.96. The fourth-order valence-electron chi connectivity index (χ4n) is 2.13. The van der Waals surface area contributed by atoms with Gasteiger partial charge in [-0.25, -0.2) is 4.39 Å². The average Bonchev–Trinajstić information content (AvgIpc) is 3.10. The van der Waals surface area contributed by atoms with Gasteiger partial charge in [-0.1, -0.05) is 11.8 Å². The number of hydrogen-bond acceptors (Lipinski definition) is 6. The van der Waals surface area contributed by atoms with Gasteiger partial charge in [0.15, 0.2) is 5.78 Å². The van der Waals surface area contributed by atoms with E-state index in [0.29, 0.717) is 17.3 Å². The van der Waals surface area contributed by atoms with Crippen LogP contribution in [0, 0.1) is 5.82 Å². The zero-order chi connectivity index (χ0) is 17.6. The van der Waals surface area contributed by atoms with Crippen molar-refractivity contribution in [1.29, 1.82) is 0 Å². The highest BCUT2D eigenvalue weighted by molar-refractivity contribution is 7.99. The van der Waals surface area contributed by atoms with E-state index in [1.165, 1.54) is 36.0 Å². The van der Waals surface area contributed by atoms with Gasteiger partial charge in [-0.15, -0.1) is 5.10 Å². The minimum absolute atomic E-state index is 0.119. The van der Waals surface area contributed by atoms with Crippen LogP contribution in [-0.4, -0.2) is 38.4 Å². The zero-order valence-electron chi connectivity index (χ0n) is 13.4. The lowest BCUT2D eigenvalue weighted by atomic mass is 10.1. The Labute approximate surface area is 148 Å². The summed E-state index contributed by atoms with van der Waals surface area (Å²) in [6.45, 7) is 2.51. The Morgan fingerprint density at radius 2 is 1.88 bits per heavy atom. The van der Waals surface area contributed by atoms with E-state index in [1.807, 2.05) is 31.2 Å². The van der Waals surface area contributed by atoms with Gasteiger partial charge in [0.2, 0.25) is 5.16 Å². The fraction of sp³-hybridized carbons (Fsp3) is 0.176. The molecule has 0 aliphatic carbocycles. The number of rotatable bonds is 7. The van der Waals surface area contributed by atoms with Crippen LogP contribution in [0.25, 0.3) is 5.69 Å². The number of halogens is 1. The maximum absolute atomic E-state index is 12.9. The second-order valence-electron chi connectivity index (χ2n) is 5.02. The van der Waals surface area contributed by atoms with Gasteiger partial charge in [-0.2, -0.15) is 4.68 Å². The first kappa shape index (κ1) is 17.1. The van der Waals surface area contributed by atoms with E-state index < -0.39 is 0 Å². The van der Waals surface area contributed by atoms with E-state index in [0.717, 1.165) is 11.4 Å². The molecule has 3 rings (SSSR count). The number of carbonyl (C=O) groups is 1. The summed E-state index contributed by atoms with van der Waals surface area (Å²) >= 11 is 1.22. The van der Waals surface area contributed by atoms with Crippen molar-refractivity contribution in [3.05, 3.63) is 59.9 Å². The van der Waals surface area contributed by atoms with E-state index in [2.05, 4.69) is 15.5 Å². The highest BCUT2D eigenvalue weighted by atomic mass is 32.2. The fourth-order valence-corrected chi connectivity index (χ4v) is 2.92. The molecular weight excluding hydrogens is 343 g/mol. The minimum atomic E-state index is -0.372. The first-order chi connectivity index (χ1) is 12.2. The van der Waals surface area contributed by atoms with Crippen LogP contribution in [0.1, 0.15) is 17.3 Å². The van der Waals surface area contributed by atoms with Crippen molar-refractivity contribution in [3.8, 4) is 11.4 Å². The molecule has 6 nitrogen and oxygen atoms in total. The van der Waals surface area contributed by atoms with Crippen LogP contribution in [0.3, 0.4) is 0 Å². The normalized spacial score (nSPS) is 10.6. The Balaban J connectivity index is 1.69. The summed E-state index contributed by atoms with van der Waals surface area (Å²) in [6, 6.07) is 12.8. The van der Waals surface area contributed by atoms with Crippen molar-refractivity contribution >= 4 is 17.5 Å². The third-order valence-electron chi connectivity index (χ3n) is 3.33. The number of benzene rings is 2. The Bertz CT molecular complexity index is 850. The van der Waals surface area contributed by atoms with Crippen molar-refractivity contribution in [1.82, 2.24) is 20.2 Å². The van der Waals surface area contributed by atoms with Gasteiger partial charge >= 0.3 is 0 Å². The molecule has 0 unspecified atom stereocenters. The molecule has 1 aromatic heterocycles. The van der Waals surface area contributed by atoms with Crippen LogP contribution < -0.4 is 4.74 Å². The molecule has 2 aromatic carbocycles. The molecule has 0 fully saturated rings.